The van der Waals surface area contributed by atoms with Crippen LogP contribution in [-0.2, 0) is 14.8 Å². The van der Waals surface area contributed by atoms with E-state index in [4.69, 9.17) is 16.3 Å². The second-order valence-corrected chi connectivity index (χ2v) is 10.1. The second kappa shape index (κ2) is 11.4. The van der Waals surface area contributed by atoms with Crippen molar-refractivity contribution in [1.82, 2.24) is 5.32 Å². The Hall–Kier alpha value is -3.03. The van der Waals surface area contributed by atoms with Gasteiger partial charge in [0.25, 0.3) is 10.0 Å². The Morgan fingerprint density at radius 2 is 1.59 bits per heavy atom. The first-order valence-electron chi connectivity index (χ1n) is 11.1. The van der Waals surface area contributed by atoms with Crippen LogP contribution in [0.15, 0.2) is 77.7 Å². The van der Waals surface area contributed by atoms with Crippen molar-refractivity contribution in [3.63, 3.8) is 0 Å². The van der Waals surface area contributed by atoms with E-state index in [1.54, 1.807) is 24.3 Å². The highest BCUT2D eigenvalue weighted by Gasteiger charge is 2.28. The number of halogens is 1. The maximum absolute atomic E-state index is 13.5. The summed E-state index contributed by atoms with van der Waals surface area (Å²) in [6.07, 6.45) is 0.668. The predicted molar refractivity (Wildman–Crippen MR) is 136 cm³/mol. The summed E-state index contributed by atoms with van der Waals surface area (Å²) in [7, 11) is -4.03. The van der Waals surface area contributed by atoms with Gasteiger partial charge in [0, 0.05) is 5.02 Å². The molecule has 3 aromatic rings. The molecule has 3 rings (SSSR count). The van der Waals surface area contributed by atoms with Crippen LogP contribution in [0.25, 0.3) is 0 Å². The molecule has 0 radical (unpaired) electrons. The number of benzene rings is 3. The first kappa shape index (κ1) is 25.6. The lowest BCUT2D eigenvalue weighted by molar-refractivity contribution is -0.120. The molecule has 180 valence electrons. The number of carbonyl (C=O) groups excluding carboxylic acids is 1. The average Bonchev–Trinajstić information content (AvgIpc) is 2.83. The van der Waals surface area contributed by atoms with Crippen LogP contribution in [0.1, 0.15) is 37.4 Å². The molecular weight excluding hydrogens is 472 g/mol. The summed E-state index contributed by atoms with van der Waals surface area (Å²) >= 11 is 5.94. The molecule has 0 aliphatic heterocycles. The number of carbonyl (C=O) groups is 1. The van der Waals surface area contributed by atoms with Crippen molar-refractivity contribution < 1.29 is 17.9 Å². The van der Waals surface area contributed by atoms with Gasteiger partial charge in [-0.25, -0.2) is 8.42 Å². The number of rotatable bonds is 10. The Morgan fingerprint density at radius 3 is 2.15 bits per heavy atom. The third-order valence-electron chi connectivity index (χ3n) is 5.35. The van der Waals surface area contributed by atoms with E-state index in [0.717, 1.165) is 15.4 Å². The number of nitrogens with one attached hydrogen (secondary N) is 1. The van der Waals surface area contributed by atoms with E-state index >= 15 is 0 Å². The standard InChI is InChI=1S/C26H29ClN2O4S/c1-4-25(20-8-6-19(3)7-9-20)28-26(30)18-29(22-12-14-23(15-13-22)33-5-2)34(31,32)24-16-10-21(27)11-17-24/h6-17,25H,4-5,18H2,1-3H3,(H,28,30)/t25-/m0/s1. The molecule has 6 nitrogen and oxygen atoms in total. The third kappa shape index (κ3) is 6.30. The number of aryl methyl sites for hydroxylation is 1. The lowest BCUT2D eigenvalue weighted by Crippen LogP contribution is -2.42. The van der Waals surface area contributed by atoms with Crippen LogP contribution in [0.5, 0.6) is 5.75 Å². The van der Waals surface area contributed by atoms with Gasteiger partial charge in [-0.2, -0.15) is 0 Å². The van der Waals surface area contributed by atoms with Gasteiger partial charge in [-0.05, 0) is 74.4 Å². The SMILES string of the molecule is CCOc1ccc(N(CC(=O)N[C@@H](CC)c2ccc(C)cc2)S(=O)(=O)c2ccc(Cl)cc2)cc1. The highest BCUT2D eigenvalue weighted by molar-refractivity contribution is 7.92. The zero-order chi connectivity index (χ0) is 24.7. The Bertz CT molecular complexity index is 1200. The summed E-state index contributed by atoms with van der Waals surface area (Å²) < 4.78 is 33.6. The smallest absolute Gasteiger partial charge is 0.264 e. The number of sulfonamides is 1. The fraction of sp³-hybridized carbons (Fsp3) is 0.269. The van der Waals surface area contributed by atoms with Gasteiger partial charge in [-0.1, -0.05) is 48.4 Å². The van der Waals surface area contributed by atoms with E-state index < -0.39 is 15.9 Å². The first-order chi connectivity index (χ1) is 16.2. The highest BCUT2D eigenvalue weighted by atomic mass is 35.5. The van der Waals surface area contributed by atoms with Crippen LogP contribution in [-0.4, -0.2) is 27.5 Å². The molecule has 0 saturated heterocycles. The predicted octanol–water partition coefficient (Wildman–Crippen LogP) is 5.51. The van der Waals surface area contributed by atoms with Gasteiger partial charge in [0.1, 0.15) is 12.3 Å². The van der Waals surface area contributed by atoms with Crippen LogP contribution in [0.2, 0.25) is 5.02 Å². The fourth-order valence-corrected chi connectivity index (χ4v) is 5.06. The Kier molecular flexibility index (Phi) is 8.58. The van der Waals surface area contributed by atoms with Crippen molar-refractivity contribution in [1.29, 1.82) is 0 Å². The Labute approximate surface area is 206 Å². The lowest BCUT2D eigenvalue weighted by Gasteiger charge is -2.26. The molecule has 1 atom stereocenters. The number of hydrogen-bond acceptors (Lipinski definition) is 4. The molecule has 0 fully saturated rings. The van der Waals surface area contributed by atoms with Gasteiger partial charge in [-0.15, -0.1) is 0 Å². The van der Waals surface area contributed by atoms with Crippen LogP contribution < -0.4 is 14.4 Å². The minimum atomic E-state index is -4.03. The number of ether oxygens (including phenoxy) is 1. The minimum absolute atomic E-state index is 0.0455. The first-order valence-corrected chi connectivity index (χ1v) is 12.9. The molecule has 3 aromatic carbocycles. The summed E-state index contributed by atoms with van der Waals surface area (Å²) in [5.74, 6) is 0.212. The van der Waals surface area contributed by atoms with Gasteiger partial charge in [0.15, 0.2) is 0 Å². The zero-order valence-corrected chi connectivity index (χ0v) is 21.1. The third-order valence-corrected chi connectivity index (χ3v) is 7.39. The van der Waals surface area contributed by atoms with Crippen LogP contribution in [0.3, 0.4) is 0 Å². The van der Waals surface area contributed by atoms with Crippen molar-refractivity contribution in [3.8, 4) is 5.75 Å². The topological polar surface area (TPSA) is 75.7 Å². The molecule has 1 N–H and O–H groups in total. The van der Waals surface area contributed by atoms with E-state index in [1.165, 1.54) is 24.3 Å². The molecule has 1 amide bonds. The Balaban J connectivity index is 1.90. The average molecular weight is 501 g/mol. The number of anilines is 1. The maximum Gasteiger partial charge on any atom is 0.264 e. The van der Waals surface area contributed by atoms with E-state index in [0.29, 0.717) is 29.5 Å². The molecule has 0 bridgehead atoms. The molecule has 0 aliphatic rings. The van der Waals surface area contributed by atoms with Crippen molar-refractivity contribution in [2.75, 3.05) is 17.5 Å². The van der Waals surface area contributed by atoms with Crippen LogP contribution in [0.4, 0.5) is 5.69 Å². The van der Waals surface area contributed by atoms with Crippen LogP contribution >= 0.6 is 11.6 Å². The van der Waals surface area contributed by atoms with Gasteiger partial charge in [0.05, 0.1) is 23.2 Å². The quantitative estimate of drug-likeness (QED) is 0.398. The molecule has 0 aromatic heterocycles. The van der Waals surface area contributed by atoms with E-state index in [-0.39, 0.29) is 17.5 Å². The summed E-state index contributed by atoms with van der Waals surface area (Å²) in [6.45, 7) is 5.96. The summed E-state index contributed by atoms with van der Waals surface area (Å²) in [5.41, 5.74) is 2.45. The number of nitrogens with zero attached hydrogens (tertiary/aromatic N) is 1. The normalized spacial score (nSPS) is 12.1. The number of hydrogen-bond donors (Lipinski definition) is 1. The zero-order valence-electron chi connectivity index (χ0n) is 19.5. The molecule has 8 heteroatoms. The lowest BCUT2D eigenvalue weighted by atomic mass is 10.0. The van der Waals surface area contributed by atoms with E-state index in [9.17, 15) is 13.2 Å². The maximum atomic E-state index is 13.5. The van der Waals surface area contributed by atoms with Crippen molar-refractivity contribution in [2.45, 2.75) is 38.1 Å². The molecule has 0 heterocycles. The van der Waals surface area contributed by atoms with Crippen molar-refractivity contribution in [3.05, 3.63) is 88.9 Å². The molecule has 0 unspecified atom stereocenters. The summed E-state index contributed by atoms with van der Waals surface area (Å²) in [5, 5.41) is 3.40. The van der Waals surface area contributed by atoms with Gasteiger partial charge in [0.2, 0.25) is 5.91 Å². The van der Waals surface area contributed by atoms with E-state index in [1.807, 2.05) is 45.0 Å². The van der Waals surface area contributed by atoms with Crippen molar-refractivity contribution in [2.24, 2.45) is 0 Å². The Morgan fingerprint density at radius 1 is 0.971 bits per heavy atom. The van der Waals surface area contributed by atoms with Crippen molar-refractivity contribution >= 4 is 33.2 Å². The summed E-state index contributed by atoms with van der Waals surface area (Å²) in [4.78, 5) is 13.1. The molecule has 0 saturated carbocycles. The molecule has 0 aliphatic carbocycles. The molecule has 0 spiro atoms. The van der Waals surface area contributed by atoms with Crippen LogP contribution in [0, 0.1) is 6.92 Å². The summed E-state index contributed by atoms with van der Waals surface area (Å²) in [6, 6.07) is 20.2. The molecule has 34 heavy (non-hydrogen) atoms. The largest absolute Gasteiger partial charge is 0.494 e. The minimum Gasteiger partial charge on any atom is -0.494 e. The second-order valence-electron chi connectivity index (χ2n) is 7.83. The number of amides is 1. The van der Waals surface area contributed by atoms with Gasteiger partial charge >= 0.3 is 0 Å². The van der Waals surface area contributed by atoms with Gasteiger partial charge < -0.3 is 10.1 Å². The monoisotopic (exact) mass is 500 g/mol. The van der Waals surface area contributed by atoms with E-state index in [2.05, 4.69) is 5.32 Å². The molecular formula is C26H29ClN2O4S. The van der Waals surface area contributed by atoms with Gasteiger partial charge in [-0.3, -0.25) is 9.10 Å². The highest BCUT2D eigenvalue weighted by Crippen LogP contribution is 2.27. The fourth-order valence-electron chi connectivity index (χ4n) is 3.51.